The zero-order valence-electron chi connectivity index (χ0n) is 7.81. The van der Waals surface area contributed by atoms with E-state index in [1.54, 1.807) is 30.3 Å². The lowest BCUT2D eigenvalue weighted by Crippen LogP contribution is -2.04. The number of benzene rings is 1. The number of aliphatic hydroxyl groups excluding tert-OH is 1. The van der Waals surface area contributed by atoms with Gasteiger partial charge in [-0.25, -0.2) is 0 Å². The third kappa shape index (κ3) is 2.03. The van der Waals surface area contributed by atoms with E-state index in [1.807, 2.05) is 0 Å². The molecule has 0 aliphatic carbocycles. The Hall–Kier alpha value is -1.32. The molecule has 0 bridgehead atoms. The third-order valence-electron chi connectivity index (χ3n) is 2.17. The average Bonchev–Trinajstić information content (AvgIpc) is 2.65. The Bertz CT molecular complexity index is 426. The number of aliphatic hydroxyl groups is 1. The van der Waals surface area contributed by atoms with Gasteiger partial charge in [0.2, 0.25) is 0 Å². The van der Waals surface area contributed by atoms with Gasteiger partial charge in [-0.1, -0.05) is 29.8 Å². The smallest absolute Gasteiger partial charge is 0.314 e. The number of hydrogen-bond acceptors (Lipinski definition) is 3. The maximum Gasteiger partial charge on any atom is 0.314 e. The van der Waals surface area contributed by atoms with Crippen LogP contribution in [0.25, 0.3) is 0 Å². The molecule has 15 heavy (non-hydrogen) atoms. The van der Waals surface area contributed by atoms with Gasteiger partial charge in [-0.2, -0.15) is 0 Å². The molecule has 1 N–H and O–H groups in total. The van der Waals surface area contributed by atoms with E-state index in [1.165, 1.54) is 0 Å². The Kier molecular flexibility index (Phi) is 2.75. The summed E-state index contributed by atoms with van der Waals surface area (Å²) >= 11 is 5.91. The van der Waals surface area contributed by atoms with E-state index in [4.69, 9.17) is 16.3 Å². The lowest BCUT2D eigenvalue weighted by molar-refractivity contribution is -0.137. The minimum Gasteiger partial charge on any atom is -0.428 e. The molecule has 0 aromatic heterocycles. The molecular weight excluding hydrogens is 216 g/mol. The zero-order chi connectivity index (χ0) is 10.8. The van der Waals surface area contributed by atoms with E-state index in [2.05, 4.69) is 0 Å². The van der Waals surface area contributed by atoms with Gasteiger partial charge in [0, 0.05) is 10.6 Å². The molecule has 78 valence electrons. The number of rotatable bonds is 2. The van der Waals surface area contributed by atoms with Crippen molar-refractivity contribution < 1.29 is 14.6 Å². The average molecular weight is 225 g/mol. The van der Waals surface area contributed by atoms with Gasteiger partial charge in [-0.3, -0.25) is 4.79 Å². The van der Waals surface area contributed by atoms with E-state index >= 15 is 0 Å². The lowest BCUT2D eigenvalue weighted by atomic mass is 10.1. The van der Waals surface area contributed by atoms with Gasteiger partial charge in [-0.15, -0.1) is 0 Å². The van der Waals surface area contributed by atoms with Crippen molar-refractivity contribution >= 4 is 17.6 Å². The van der Waals surface area contributed by atoms with Crippen molar-refractivity contribution in [2.24, 2.45) is 0 Å². The molecule has 1 aliphatic rings. The second kappa shape index (κ2) is 4.04. The normalized spacial score (nSPS) is 17.2. The first-order chi connectivity index (χ1) is 7.18. The van der Waals surface area contributed by atoms with Crippen LogP contribution in [0.15, 0.2) is 36.1 Å². The topological polar surface area (TPSA) is 46.5 Å². The second-order valence-electron chi connectivity index (χ2n) is 3.21. The third-order valence-corrected chi connectivity index (χ3v) is 2.52. The van der Waals surface area contributed by atoms with Gasteiger partial charge in [0.05, 0.1) is 6.42 Å². The molecule has 0 fully saturated rings. The summed E-state index contributed by atoms with van der Waals surface area (Å²) in [5.41, 5.74) is 0.542. The van der Waals surface area contributed by atoms with Crippen LogP contribution < -0.4 is 0 Å². The van der Waals surface area contributed by atoms with Crippen LogP contribution >= 0.6 is 11.6 Å². The molecule has 4 heteroatoms. The first-order valence-corrected chi connectivity index (χ1v) is 4.89. The Labute approximate surface area is 91.9 Å². The van der Waals surface area contributed by atoms with Crippen molar-refractivity contribution in [1.82, 2.24) is 0 Å². The van der Waals surface area contributed by atoms with Crippen molar-refractivity contribution in [2.45, 2.75) is 12.5 Å². The van der Waals surface area contributed by atoms with Gasteiger partial charge in [-0.05, 0) is 12.1 Å². The largest absolute Gasteiger partial charge is 0.428 e. The molecule has 0 spiro atoms. The summed E-state index contributed by atoms with van der Waals surface area (Å²) in [5.74, 6) is -0.0933. The summed E-state index contributed by atoms with van der Waals surface area (Å²) < 4.78 is 4.85. The predicted molar refractivity (Wildman–Crippen MR) is 55.2 cm³/mol. The van der Waals surface area contributed by atoms with Crippen LogP contribution in [-0.4, -0.2) is 11.1 Å². The SMILES string of the molecule is O=C1CC=C(C(O)c2ccccc2Cl)O1. The van der Waals surface area contributed by atoms with Crippen LogP contribution in [0.5, 0.6) is 0 Å². The van der Waals surface area contributed by atoms with Gasteiger partial charge < -0.3 is 9.84 Å². The highest BCUT2D eigenvalue weighted by Gasteiger charge is 2.24. The Balaban J connectivity index is 2.25. The minimum atomic E-state index is -0.967. The van der Waals surface area contributed by atoms with E-state index in [0.717, 1.165) is 0 Å². The van der Waals surface area contributed by atoms with Crippen LogP contribution in [0, 0.1) is 0 Å². The molecular formula is C11H9ClO3. The molecule has 0 amide bonds. The summed E-state index contributed by atoms with van der Waals surface area (Å²) in [7, 11) is 0. The number of halogens is 1. The van der Waals surface area contributed by atoms with Crippen LogP contribution in [0.4, 0.5) is 0 Å². The molecule has 1 aromatic carbocycles. The van der Waals surface area contributed by atoms with Crippen molar-refractivity contribution in [2.75, 3.05) is 0 Å². The van der Waals surface area contributed by atoms with Gasteiger partial charge >= 0.3 is 5.97 Å². The maximum atomic E-state index is 10.9. The Morgan fingerprint density at radius 1 is 1.40 bits per heavy atom. The van der Waals surface area contributed by atoms with E-state index in [9.17, 15) is 9.90 Å². The quantitative estimate of drug-likeness (QED) is 0.784. The number of carbonyl (C=O) groups excluding carboxylic acids is 1. The lowest BCUT2D eigenvalue weighted by Gasteiger charge is -2.12. The minimum absolute atomic E-state index is 0.205. The number of ether oxygens (including phenoxy) is 1. The maximum absolute atomic E-state index is 10.9. The summed E-state index contributed by atoms with van der Waals surface area (Å²) in [5, 5.41) is 10.3. The fourth-order valence-corrected chi connectivity index (χ4v) is 1.66. The number of cyclic esters (lactones) is 1. The van der Waals surface area contributed by atoms with Crippen LogP contribution in [0.1, 0.15) is 18.1 Å². The van der Waals surface area contributed by atoms with Gasteiger partial charge in [0.1, 0.15) is 11.9 Å². The van der Waals surface area contributed by atoms with Crippen molar-refractivity contribution in [1.29, 1.82) is 0 Å². The Morgan fingerprint density at radius 3 is 2.73 bits per heavy atom. The second-order valence-corrected chi connectivity index (χ2v) is 3.62. The van der Waals surface area contributed by atoms with Crippen LogP contribution in [0.3, 0.4) is 0 Å². The molecule has 1 aromatic rings. The summed E-state index contributed by atoms with van der Waals surface area (Å²) in [4.78, 5) is 10.9. The van der Waals surface area contributed by atoms with E-state index < -0.39 is 6.10 Å². The molecule has 0 saturated heterocycles. The van der Waals surface area contributed by atoms with Crippen molar-refractivity contribution in [3.8, 4) is 0 Å². The van der Waals surface area contributed by atoms with E-state index in [0.29, 0.717) is 10.6 Å². The summed E-state index contributed by atoms with van der Waals surface area (Å²) in [6.45, 7) is 0. The fourth-order valence-electron chi connectivity index (χ4n) is 1.42. The Morgan fingerprint density at radius 2 is 2.13 bits per heavy atom. The molecule has 1 unspecified atom stereocenters. The van der Waals surface area contributed by atoms with Gasteiger partial charge in [0.25, 0.3) is 0 Å². The summed E-state index contributed by atoms with van der Waals surface area (Å²) in [6, 6.07) is 6.91. The molecule has 1 heterocycles. The standard InChI is InChI=1S/C11H9ClO3/c12-8-4-2-1-3-7(8)11(14)9-5-6-10(13)15-9/h1-5,11,14H,6H2. The van der Waals surface area contributed by atoms with Crippen molar-refractivity contribution in [3.05, 3.63) is 46.7 Å². The molecule has 0 saturated carbocycles. The predicted octanol–water partition coefficient (Wildman–Crippen LogP) is 2.20. The monoisotopic (exact) mass is 224 g/mol. The first-order valence-electron chi connectivity index (χ1n) is 4.51. The highest BCUT2D eigenvalue weighted by Crippen LogP contribution is 2.30. The molecule has 1 aliphatic heterocycles. The molecule has 0 radical (unpaired) electrons. The fraction of sp³-hybridized carbons (Fsp3) is 0.182. The first kappa shape index (κ1) is 10.2. The highest BCUT2D eigenvalue weighted by atomic mass is 35.5. The van der Waals surface area contributed by atoms with E-state index in [-0.39, 0.29) is 18.1 Å². The molecule has 2 rings (SSSR count). The van der Waals surface area contributed by atoms with Crippen LogP contribution in [0.2, 0.25) is 5.02 Å². The van der Waals surface area contributed by atoms with Gasteiger partial charge in [0.15, 0.2) is 0 Å². The number of hydrogen-bond donors (Lipinski definition) is 1. The molecule has 1 atom stereocenters. The summed E-state index contributed by atoms with van der Waals surface area (Å²) in [6.07, 6.45) is 0.804. The number of carbonyl (C=O) groups is 1. The van der Waals surface area contributed by atoms with Crippen molar-refractivity contribution in [3.63, 3.8) is 0 Å². The highest BCUT2D eigenvalue weighted by molar-refractivity contribution is 6.31. The van der Waals surface area contributed by atoms with Crippen LogP contribution in [-0.2, 0) is 9.53 Å². The zero-order valence-corrected chi connectivity index (χ0v) is 8.57. The number of esters is 1. The molecule has 3 nitrogen and oxygen atoms in total.